The van der Waals surface area contributed by atoms with Crippen molar-refractivity contribution in [1.82, 2.24) is 0 Å². The minimum atomic E-state index is -0.0678. The van der Waals surface area contributed by atoms with Crippen LogP contribution in [-0.4, -0.2) is 8.80 Å². The van der Waals surface area contributed by atoms with Crippen LogP contribution in [-0.2, 0) is 0 Å². The summed E-state index contributed by atoms with van der Waals surface area (Å²) >= 11 is 0. The quantitative estimate of drug-likeness (QED) is 0.537. The van der Waals surface area contributed by atoms with Gasteiger partial charge in [-0.3, -0.25) is 0 Å². The monoisotopic (exact) mass is 154 g/mol. The van der Waals surface area contributed by atoms with Gasteiger partial charge in [-0.15, -0.1) is 0 Å². The molecule has 2 unspecified atom stereocenters. The highest BCUT2D eigenvalue weighted by atomic mass is 28.3. The van der Waals surface area contributed by atoms with Gasteiger partial charge < -0.3 is 0 Å². The van der Waals surface area contributed by atoms with Gasteiger partial charge in [-0.2, -0.15) is 0 Å². The lowest BCUT2D eigenvalue weighted by Gasteiger charge is -2.05. The van der Waals surface area contributed by atoms with Crippen molar-refractivity contribution in [2.45, 2.75) is 50.2 Å². The van der Waals surface area contributed by atoms with Crippen LogP contribution in [0.4, 0.5) is 0 Å². The van der Waals surface area contributed by atoms with Crippen molar-refractivity contribution in [2.75, 3.05) is 0 Å². The average molecular weight is 154 g/mol. The van der Waals surface area contributed by atoms with Gasteiger partial charge in [0.1, 0.15) is 0 Å². The zero-order valence-electron chi connectivity index (χ0n) is 6.97. The lowest BCUT2D eigenvalue weighted by Crippen LogP contribution is -1.99. The molecule has 10 heavy (non-hydrogen) atoms. The van der Waals surface area contributed by atoms with E-state index in [1.54, 1.807) is 37.8 Å². The first-order valence-electron chi connectivity index (χ1n) is 4.86. The maximum absolute atomic E-state index is 2.46. The zero-order valence-corrected chi connectivity index (χ0v) is 8.13. The van der Waals surface area contributed by atoms with Gasteiger partial charge in [-0.1, -0.05) is 50.2 Å². The van der Waals surface area contributed by atoms with Crippen molar-refractivity contribution in [2.24, 2.45) is 5.92 Å². The topological polar surface area (TPSA) is 0 Å². The second-order valence-electron chi connectivity index (χ2n) is 4.36. The Morgan fingerprint density at radius 3 is 2.40 bits per heavy atom. The van der Waals surface area contributed by atoms with Gasteiger partial charge in [0.05, 0.1) is 0 Å². The molecule has 0 aromatic heterocycles. The molecule has 1 heteroatoms. The maximum atomic E-state index is 2.46. The molecule has 0 aromatic rings. The Morgan fingerprint density at radius 1 is 1.30 bits per heavy atom. The van der Waals surface area contributed by atoms with Crippen LogP contribution >= 0.6 is 0 Å². The van der Waals surface area contributed by atoms with Gasteiger partial charge in [0, 0.05) is 8.80 Å². The summed E-state index contributed by atoms with van der Waals surface area (Å²) in [6, 6.07) is 3.39. The molecule has 0 amide bonds. The predicted octanol–water partition coefficient (Wildman–Crippen LogP) is 2.81. The van der Waals surface area contributed by atoms with Crippen molar-refractivity contribution in [3.05, 3.63) is 0 Å². The van der Waals surface area contributed by atoms with Crippen LogP contribution in [0.2, 0.25) is 17.6 Å². The summed E-state index contributed by atoms with van der Waals surface area (Å²) in [5.74, 6) is 1.20. The molecule has 1 heterocycles. The highest BCUT2D eigenvalue weighted by molar-refractivity contribution is 6.71. The van der Waals surface area contributed by atoms with Gasteiger partial charge in [-0.05, 0) is 5.92 Å². The van der Waals surface area contributed by atoms with E-state index in [1.807, 2.05) is 0 Å². The molecule has 2 rings (SSSR count). The predicted molar refractivity (Wildman–Crippen MR) is 48.1 cm³/mol. The van der Waals surface area contributed by atoms with Crippen molar-refractivity contribution < 1.29 is 0 Å². The SMILES string of the molecule is CC1C[SiH]1CC1CCCC1. The van der Waals surface area contributed by atoms with Crippen LogP contribution in [0.5, 0.6) is 0 Å². The fourth-order valence-corrected chi connectivity index (χ4v) is 5.76. The van der Waals surface area contributed by atoms with E-state index in [2.05, 4.69) is 6.92 Å². The molecule has 2 aliphatic rings. The molecule has 0 radical (unpaired) electrons. The van der Waals surface area contributed by atoms with Crippen LogP contribution in [0.15, 0.2) is 0 Å². The summed E-state index contributed by atoms with van der Waals surface area (Å²) in [4.78, 5) is 0. The molecule has 2 fully saturated rings. The van der Waals surface area contributed by atoms with Gasteiger partial charge in [0.2, 0.25) is 0 Å². The number of hydrogen-bond donors (Lipinski definition) is 0. The summed E-state index contributed by atoms with van der Waals surface area (Å²) in [5.41, 5.74) is 1.22. The van der Waals surface area contributed by atoms with E-state index in [0.29, 0.717) is 0 Å². The summed E-state index contributed by atoms with van der Waals surface area (Å²) in [5, 5.41) is 0. The Bertz CT molecular complexity index is 116. The van der Waals surface area contributed by atoms with E-state index in [9.17, 15) is 0 Å². The first-order valence-corrected chi connectivity index (χ1v) is 7.16. The average Bonchev–Trinajstić information content (AvgIpc) is 2.48. The smallest absolute Gasteiger partial charge is 0.0395 e. The van der Waals surface area contributed by atoms with Crippen LogP contribution in [0, 0.1) is 5.92 Å². The molecular formula is C9H18Si. The Kier molecular flexibility index (Phi) is 1.85. The fourth-order valence-electron chi connectivity index (χ4n) is 2.40. The van der Waals surface area contributed by atoms with Gasteiger partial charge in [0.15, 0.2) is 0 Å². The van der Waals surface area contributed by atoms with Gasteiger partial charge in [-0.25, -0.2) is 0 Å². The van der Waals surface area contributed by atoms with Crippen LogP contribution in [0.3, 0.4) is 0 Å². The van der Waals surface area contributed by atoms with E-state index in [4.69, 9.17) is 0 Å². The maximum Gasteiger partial charge on any atom is 0.0395 e. The highest BCUT2D eigenvalue weighted by Gasteiger charge is 2.36. The molecule has 1 saturated heterocycles. The van der Waals surface area contributed by atoms with Crippen LogP contribution in [0.25, 0.3) is 0 Å². The van der Waals surface area contributed by atoms with E-state index >= 15 is 0 Å². The summed E-state index contributed by atoms with van der Waals surface area (Å²) < 4.78 is 0. The van der Waals surface area contributed by atoms with E-state index < -0.39 is 0 Å². The first kappa shape index (κ1) is 6.90. The third kappa shape index (κ3) is 1.44. The molecule has 1 aliphatic carbocycles. The largest absolute Gasteiger partial charge is 0.0654 e. The second kappa shape index (κ2) is 2.69. The minimum absolute atomic E-state index is 0.0678. The van der Waals surface area contributed by atoms with Crippen molar-refractivity contribution in [3.8, 4) is 0 Å². The lowest BCUT2D eigenvalue weighted by atomic mass is 10.1. The highest BCUT2D eigenvalue weighted by Crippen LogP contribution is 2.43. The normalized spacial score (nSPS) is 40.5. The summed E-state index contributed by atoms with van der Waals surface area (Å²) in [6.07, 6.45) is 6.24. The Balaban J connectivity index is 1.70. The van der Waals surface area contributed by atoms with Gasteiger partial charge in [0.25, 0.3) is 0 Å². The molecule has 0 N–H and O–H groups in total. The number of rotatable bonds is 2. The third-order valence-corrected chi connectivity index (χ3v) is 7.21. The van der Waals surface area contributed by atoms with Crippen molar-refractivity contribution >= 4 is 8.80 Å². The molecule has 58 valence electrons. The van der Waals surface area contributed by atoms with Crippen LogP contribution < -0.4 is 0 Å². The van der Waals surface area contributed by atoms with E-state index in [1.165, 1.54) is 11.5 Å². The summed E-state index contributed by atoms with van der Waals surface area (Å²) in [6.45, 7) is 2.46. The van der Waals surface area contributed by atoms with E-state index in [-0.39, 0.29) is 8.80 Å². The standard InChI is InChI=1S/C9H18Si/c1-8-6-10(8)7-9-4-2-3-5-9/h8-10H,2-7H2,1H3. The Labute approximate surface area is 65.6 Å². The Hall–Kier alpha value is 0.217. The van der Waals surface area contributed by atoms with Crippen molar-refractivity contribution in [1.29, 1.82) is 0 Å². The molecular weight excluding hydrogens is 136 g/mol. The molecule has 0 nitrogen and oxygen atoms in total. The number of hydrogen-bond acceptors (Lipinski definition) is 0. The molecule has 0 spiro atoms. The first-order chi connectivity index (χ1) is 4.86. The van der Waals surface area contributed by atoms with Gasteiger partial charge >= 0.3 is 0 Å². The molecule has 1 saturated carbocycles. The molecule has 0 aromatic carbocycles. The zero-order chi connectivity index (χ0) is 6.97. The fraction of sp³-hybridized carbons (Fsp3) is 1.00. The molecule has 1 aliphatic heterocycles. The summed E-state index contributed by atoms with van der Waals surface area (Å²) in [7, 11) is -0.0678. The molecule has 0 bridgehead atoms. The minimum Gasteiger partial charge on any atom is -0.0654 e. The van der Waals surface area contributed by atoms with Crippen molar-refractivity contribution in [3.63, 3.8) is 0 Å². The Morgan fingerprint density at radius 2 is 1.90 bits per heavy atom. The molecule has 2 atom stereocenters. The van der Waals surface area contributed by atoms with E-state index in [0.717, 1.165) is 0 Å². The lowest BCUT2D eigenvalue weighted by molar-refractivity contribution is 0.607. The van der Waals surface area contributed by atoms with Crippen LogP contribution in [0.1, 0.15) is 32.6 Å². The third-order valence-electron chi connectivity index (χ3n) is 3.39. The second-order valence-corrected chi connectivity index (χ2v) is 7.96.